The van der Waals surface area contributed by atoms with Gasteiger partial charge in [-0.25, -0.2) is 0 Å². The molecule has 0 aliphatic carbocycles. The number of hydrogen-bond donors (Lipinski definition) is 2. The van der Waals surface area contributed by atoms with Gasteiger partial charge >= 0.3 is 0 Å². The molecule has 2 N–H and O–H groups in total. The molecule has 1 heterocycles. The molecule has 0 spiro atoms. The topological polar surface area (TPSA) is 85.3 Å². The third-order valence-corrected chi connectivity index (χ3v) is 2.50. The highest BCUT2D eigenvalue weighted by molar-refractivity contribution is 5.39. The normalized spacial score (nSPS) is 24.6. The maximum absolute atomic E-state index is 10.4. The van der Waals surface area contributed by atoms with Crippen LogP contribution in [0, 0.1) is 10.1 Å². The average Bonchev–Trinajstić information content (AvgIpc) is 2.99. The highest BCUT2D eigenvalue weighted by Gasteiger charge is 2.43. The number of rotatable bonds is 3. The number of nitrogens with one attached hydrogen (secondary N) is 1. The van der Waals surface area contributed by atoms with Crippen LogP contribution in [0.15, 0.2) is 24.3 Å². The first-order valence-electron chi connectivity index (χ1n) is 4.29. The van der Waals surface area contributed by atoms with Crippen LogP contribution in [0.25, 0.3) is 0 Å². The van der Waals surface area contributed by atoms with E-state index in [4.69, 9.17) is 5.11 Å². The van der Waals surface area contributed by atoms with Crippen molar-refractivity contribution in [3.63, 3.8) is 0 Å². The van der Waals surface area contributed by atoms with Crippen LogP contribution in [0.3, 0.4) is 0 Å². The van der Waals surface area contributed by atoms with E-state index in [9.17, 15) is 10.1 Å². The summed E-state index contributed by atoms with van der Waals surface area (Å²) in [5.74, 6) is 0. The molecule has 74 valence electrons. The quantitative estimate of drug-likeness (QED) is 0.414. The Morgan fingerprint density at radius 2 is 2.07 bits per heavy atom. The van der Waals surface area contributed by atoms with Crippen molar-refractivity contribution in [3.05, 3.63) is 39.9 Å². The first-order valence-corrected chi connectivity index (χ1v) is 4.29. The van der Waals surface area contributed by atoms with Gasteiger partial charge in [-0.3, -0.25) is 10.1 Å². The van der Waals surface area contributed by atoms with Crippen molar-refractivity contribution in [2.45, 2.75) is 5.54 Å². The van der Waals surface area contributed by atoms with Gasteiger partial charge in [0.05, 0.1) is 17.1 Å². The minimum Gasteiger partial charge on any atom is -0.394 e. The summed E-state index contributed by atoms with van der Waals surface area (Å²) in [5.41, 5.74) is 0.614. The van der Waals surface area contributed by atoms with Gasteiger partial charge in [-0.15, -0.1) is 0 Å². The average molecular weight is 194 g/mol. The fraction of sp³-hybridized carbons (Fsp3) is 0.333. The molecule has 1 atom stereocenters. The number of non-ortho nitro benzene ring substituents is 1. The fourth-order valence-electron chi connectivity index (χ4n) is 1.42. The van der Waals surface area contributed by atoms with E-state index in [1.807, 2.05) is 0 Å². The lowest BCUT2D eigenvalue weighted by Crippen LogP contribution is -2.17. The summed E-state index contributed by atoms with van der Waals surface area (Å²) in [6.07, 6.45) is 0. The summed E-state index contributed by atoms with van der Waals surface area (Å²) in [5, 5.41) is 22.5. The second-order valence-electron chi connectivity index (χ2n) is 3.40. The summed E-state index contributed by atoms with van der Waals surface area (Å²) < 4.78 is 0. The van der Waals surface area contributed by atoms with Crippen LogP contribution < -0.4 is 5.32 Å². The Kier molecular flexibility index (Phi) is 1.98. The van der Waals surface area contributed by atoms with Crippen molar-refractivity contribution >= 4 is 5.69 Å². The van der Waals surface area contributed by atoms with Crippen LogP contribution in [-0.4, -0.2) is 23.2 Å². The zero-order chi connectivity index (χ0) is 10.2. The zero-order valence-electron chi connectivity index (χ0n) is 7.43. The molecule has 1 aliphatic heterocycles. The molecule has 1 aliphatic rings. The number of nitro benzene ring substituents is 1. The molecule has 5 nitrogen and oxygen atoms in total. The van der Waals surface area contributed by atoms with Crippen LogP contribution >= 0.6 is 0 Å². The van der Waals surface area contributed by atoms with Gasteiger partial charge in [0.15, 0.2) is 0 Å². The summed E-state index contributed by atoms with van der Waals surface area (Å²) in [4.78, 5) is 9.95. The Bertz CT molecular complexity index is 357. The molecular weight excluding hydrogens is 184 g/mol. The summed E-state index contributed by atoms with van der Waals surface area (Å²) in [6.45, 7) is 0.742. The van der Waals surface area contributed by atoms with Gasteiger partial charge in [0, 0.05) is 18.7 Å². The lowest BCUT2D eigenvalue weighted by atomic mass is 10.0. The molecule has 5 heteroatoms. The molecule has 1 aromatic rings. The molecule has 1 fully saturated rings. The second-order valence-corrected chi connectivity index (χ2v) is 3.40. The third kappa shape index (κ3) is 1.36. The Morgan fingerprint density at radius 1 is 1.50 bits per heavy atom. The van der Waals surface area contributed by atoms with Crippen molar-refractivity contribution in [1.82, 2.24) is 5.32 Å². The lowest BCUT2D eigenvalue weighted by Gasteiger charge is -2.09. The van der Waals surface area contributed by atoms with E-state index in [-0.39, 0.29) is 17.8 Å². The first-order chi connectivity index (χ1) is 6.68. The summed E-state index contributed by atoms with van der Waals surface area (Å²) in [7, 11) is 0. The molecule has 14 heavy (non-hydrogen) atoms. The van der Waals surface area contributed by atoms with Crippen LogP contribution in [-0.2, 0) is 5.54 Å². The Hall–Kier alpha value is -1.46. The fourth-order valence-corrected chi connectivity index (χ4v) is 1.42. The van der Waals surface area contributed by atoms with Crippen LogP contribution in [0.1, 0.15) is 5.56 Å². The number of nitro groups is 1. The predicted octanol–water partition coefficient (Wildman–Crippen LogP) is 0.386. The highest BCUT2D eigenvalue weighted by Crippen LogP contribution is 2.30. The van der Waals surface area contributed by atoms with Gasteiger partial charge in [0.2, 0.25) is 0 Å². The number of hydrogen-bond acceptors (Lipinski definition) is 4. The first kappa shape index (κ1) is 9.11. The smallest absolute Gasteiger partial charge is 0.269 e. The standard InChI is InChI=1S/C9H10N2O3/c12-6-9(5-10-9)7-1-3-8(4-2-7)11(13)14/h1-4,10,12H,5-6H2/t9-/m1/s1. The van der Waals surface area contributed by atoms with Crippen molar-refractivity contribution in [2.75, 3.05) is 13.2 Å². The van der Waals surface area contributed by atoms with Gasteiger partial charge < -0.3 is 10.4 Å². The Labute approximate surface area is 80.5 Å². The number of benzene rings is 1. The van der Waals surface area contributed by atoms with Gasteiger partial charge in [-0.05, 0) is 5.56 Å². The van der Waals surface area contributed by atoms with E-state index in [1.165, 1.54) is 12.1 Å². The monoisotopic (exact) mass is 194 g/mol. The molecule has 1 aromatic carbocycles. The lowest BCUT2D eigenvalue weighted by molar-refractivity contribution is -0.384. The predicted molar refractivity (Wildman–Crippen MR) is 49.9 cm³/mol. The minimum atomic E-state index is -0.435. The van der Waals surface area contributed by atoms with E-state index in [1.54, 1.807) is 12.1 Å². The molecule has 1 saturated heterocycles. The molecule has 0 aromatic heterocycles. The summed E-state index contributed by atoms with van der Waals surface area (Å²) in [6, 6.07) is 6.25. The summed E-state index contributed by atoms with van der Waals surface area (Å²) >= 11 is 0. The Morgan fingerprint density at radius 3 is 2.43 bits per heavy atom. The van der Waals surface area contributed by atoms with E-state index in [0.717, 1.165) is 12.1 Å². The maximum atomic E-state index is 10.4. The molecule has 0 saturated carbocycles. The third-order valence-electron chi connectivity index (χ3n) is 2.50. The van der Waals surface area contributed by atoms with Crippen molar-refractivity contribution in [2.24, 2.45) is 0 Å². The van der Waals surface area contributed by atoms with E-state index in [2.05, 4.69) is 5.32 Å². The largest absolute Gasteiger partial charge is 0.394 e. The minimum absolute atomic E-state index is 0.0187. The van der Waals surface area contributed by atoms with Crippen LogP contribution in [0.5, 0.6) is 0 Å². The van der Waals surface area contributed by atoms with Crippen LogP contribution in [0.4, 0.5) is 5.69 Å². The number of aliphatic hydroxyl groups is 1. The molecule has 2 rings (SSSR count). The molecule has 0 amide bonds. The van der Waals surface area contributed by atoms with Crippen molar-refractivity contribution in [1.29, 1.82) is 0 Å². The van der Waals surface area contributed by atoms with E-state index in [0.29, 0.717) is 0 Å². The number of nitrogens with zero attached hydrogens (tertiary/aromatic N) is 1. The molecule has 0 bridgehead atoms. The Balaban J connectivity index is 2.26. The molecule has 0 radical (unpaired) electrons. The van der Waals surface area contributed by atoms with Gasteiger partial charge in [-0.1, -0.05) is 12.1 Å². The van der Waals surface area contributed by atoms with Crippen molar-refractivity contribution < 1.29 is 10.0 Å². The zero-order valence-corrected chi connectivity index (χ0v) is 7.43. The molecule has 0 unspecified atom stereocenters. The highest BCUT2D eigenvalue weighted by atomic mass is 16.6. The van der Waals surface area contributed by atoms with Gasteiger partial charge in [0.1, 0.15) is 0 Å². The van der Waals surface area contributed by atoms with Crippen molar-refractivity contribution in [3.8, 4) is 0 Å². The number of aliphatic hydroxyl groups excluding tert-OH is 1. The van der Waals surface area contributed by atoms with Gasteiger partial charge in [0.25, 0.3) is 5.69 Å². The van der Waals surface area contributed by atoms with Crippen LogP contribution in [0.2, 0.25) is 0 Å². The maximum Gasteiger partial charge on any atom is 0.269 e. The van der Waals surface area contributed by atoms with E-state index < -0.39 is 4.92 Å². The SMILES string of the molecule is O=[N+]([O-])c1ccc([C@]2(CO)CN2)cc1. The van der Waals surface area contributed by atoms with E-state index >= 15 is 0 Å². The second kappa shape index (κ2) is 3.04. The molecular formula is C9H10N2O3. The van der Waals surface area contributed by atoms with Gasteiger partial charge in [-0.2, -0.15) is 0 Å².